The van der Waals surface area contributed by atoms with Gasteiger partial charge in [-0.2, -0.15) is 10.4 Å². The van der Waals surface area contributed by atoms with Crippen molar-refractivity contribution in [3.63, 3.8) is 0 Å². The second-order valence-corrected chi connectivity index (χ2v) is 6.19. The van der Waals surface area contributed by atoms with E-state index in [0.29, 0.717) is 22.0 Å². The van der Waals surface area contributed by atoms with Gasteiger partial charge in [-0.25, -0.2) is 4.98 Å². The maximum absolute atomic E-state index is 10.9. The Kier molecular flexibility index (Phi) is 5.33. The number of nitrogens with zero attached hydrogens (tertiary/aromatic N) is 5. The lowest BCUT2D eigenvalue weighted by molar-refractivity contribution is -0.385. The number of anilines is 1. The zero-order valence-corrected chi connectivity index (χ0v) is 14.8. The molecule has 0 saturated heterocycles. The molecular formula is C17H10N6O4S. The number of thiazole rings is 1. The first-order valence-corrected chi connectivity index (χ1v) is 8.55. The highest BCUT2D eigenvalue weighted by Gasteiger charge is 2.13. The predicted molar refractivity (Wildman–Crippen MR) is 103 cm³/mol. The maximum Gasteiger partial charge on any atom is 0.271 e. The number of nitro benzene ring substituents is 2. The molecule has 0 unspecified atom stereocenters. The van der Waals surface area contributed by atoms with Gasteiger partial charge in [0, 0.05) is 35.2 Å². The number of non-ortho nitro benzene ring substituents is 2. The van der Waals surface area contributed by atoms with Crippen molar-refractivity contribution in [3.05, 3.63) is 79.1 Å². The van der Waals surface area contributed by atoms with Crippen LogP contribution in [0.4, 0.5) is 17.1 Å². The Balaban J connectivity index is 1.84. The van der Waals surface area contributed by atoms with Crippen molar-refractivity contribution in [1.29, 1.82) is 5.26 Å². The highest BCUT2D eigenvalue weighted by molar-refractivity contribution is 7.12. The lowest BCUT2D eigenvalue weighted by atomic mass is 10.1. The van der Waals surface area contributed by atoms with Crippen molar-refractivity contribution in [2.75, 3.05) is 5.43 Å². The summed E-state index contributed by atoms with van der Waals surface area (Å²) in [5, 5.41) is 37.0. The van der Waals surface area contributed by atoms with Crippen molar-refractivity contribution in [2.24, 2.45) is 5.10 Å². The van der Waals surface area contributed by atoms with E-state index in [4.69, 9.17) is 0 Å². The molecule has 10 nitrogen and oxygen atoms in total. The van der Waals surface area contributed by atoms with E-state index in [2.05, 4.69) is 15.5 Å². The minimum absolute atomic E-state index is 0.0202. The van der Waals surface area contributed by atoms with Gasteiger partial charge in [0.1, 0.15) is 6.07 Å². The summed E-state index contributed by atoms with van der Waals surface area (Å²) in [6.45, 7) is 0. The van der Waals surface area contributed by atoms with Gasteiger partial charge < -0.3 is 0 Å². The number of rotatable bonds is 6. The second-order valence-electron chi connectivity index (χ2n) is 5.34. The Morgan fingerprint density at radius 1 is 1.11 bits per heavy atom. The number of nitriles is 1. The van der Waals surface area contributed by atoms with E-state index in [1.54, 1.807) is 23.6 Å². The first-order valence-electron chi connectivity index (χ1n) is 7.67. The molecule has 28 heavy (non-hydrogen) atoms. The monoisotopic (exact) mass is 394 g/mol. The number of hydrogen-bond donors (Lipinski definition) is 1. The first kappa shape index (κ1) is 18.6. The molecule has 0 amide bonds. The minimum atomic E-state index is -0.535. The number of nitrogens with one attached hydrogen (secondary N) is 1. The summed E-state index contributed by atoms with van der Waals surface area (Å²) in [5.41, 5.74) is 3.77. The predicted octanol–water partition coefficient (Wildman–Crippen LogP) is 3.97. The number of hydrazone groups is 1. The summed E-state index contributed by atoms with van der Waals surface area (Å²) in [6.07, 6.45) is 0. The SMILES string of the molecule is N#CC(=NNc1cccc([N+](=O)[O-])c1)c1nc(-c2cccc([N+](=O)[O-])c2)cs1. The van der Waals surface area contributed by atoms with Crippen molar-refractivity contribution in [1.82, 2.24) is 4.98 Å². The van der Waals surface area contributed by atoms with Crippen LogP contribution in [0.3, 0.4) is 0 Å². The molecule has 0 radical (unpaired) electrons. The average molecular weight is 394 g/mol. The molecular weight excluding hydrogens is 384 g/mol. The Morgan fingerprint density at radius 3 is 2.46 bits per heavy atom. The number of nitro groups is 2. The van der Waals surface area contributed by atoms with Crippen LogP contribution in [0.1, 0.15) is 5.01 Å². The highest BCUT2D eigenvalue weighted by Crippen LogP contribution is 2.26. The normalized spacial score (nSPS) is 10.9. The van der Waals surface area contributed by atoms with E-state index in [0.717, 1.165) is 11.3 Å². The molecule has 0 atom stereocenters. The van der Waals surface area contributed by atoms with Gasteiger partial charge >= 0.3 is 0 Å². The van der Waals surface area contributed by atoms with Gasteiger partial charge in [-0.3, -0.25) is 25.7 Å². The molecule has 1 N–H and O–H groups in total. The summed E-state index contributed by atoms with van der Waals surface area (Å²) in [6, 6.07) is 13.6. The van der Waals surface area contributed by atoms with Crippen LogP contribution in [0.15, 0.2) is 59.0 Å². The van der Waals surface area contributed by atoms with Crippen LogP contribution in [-0.2, 0) is 0 Å². The molecule has 0 bridgehead atoms. The molecule has 11 heteroatoms. The lowest BCUT2D eigenvalue weighted by Crippen LogP contribution is -2.01. The number of benzene rings is 2. The average Bonchev–Trinajstić information content (AvgIpc) is 3.19. The highest BCUT2D eigenvalue weighted by atomic mass is 32.1. The summed E-state index contributed by atoms with van der Waals surface area (Å²) < 4.78 is 0. The summed E-state index contributed by atoms with van der Waals surface area (Å²) in [5.74, 6) is 0. The van der Waals surface area contributed by atoms with Crippen molar-refractivity contribution in [2.45, 2.75) is 0 Å². The molecule has 138 valence electrons. The molecule has 0 aliphatic carbocycles. The fourth-order valence-corrected chi connectivity index (χ4v) is 2.99. The van der Waals surface area contributed by atoms with Crippen LogP contribution >= 0.6 is 11.3 Å². The largest absolute Gasteiger partial charge is 0.277 e. The van der Waals surface area contributed by atoms with E-state index in [9.17, 15) is 25.5 Å². The lowest BCUT2D eigenvalue weighted by Gasteiger charge is -2.00. The van der Waals surface area contributed by atoms with Crippen molar-refractivity contribution >= 4 is 34.1 Å². The smallest absolute Gasteiger partial charge is 0.271 e. The molecule has 0 saturated carbocycles. The molecule has 1 heterocycles. The molecule has 3 rings (SSSR count). The quantitative estimate of drug-likeness (QED) is 0.378. The van der Waals surface area contributed by atoms with Gasteiger partial charge in [0.05, 0.1) is 21.2 Å². The van der Waals surface area contributed by atoms with Gasteiger partial charge in [-0.15, -0.1) is 11.3 Å². The van der Waals surface area contributed by atoms with E-state index in [1.807, 2.05) is 6.07 Å². The van der Waals surface area contributed by atoms with Gasteiger partial charge in [0.15, 0.2) is 10.7 Å². The maximum atomic E-state index is 10.9. The van der Waals surface area contributed by atoms with Crippen LogP contribution in [0, 0.1) is 31.6 Å². The van der Waals surface area contributed by atoms with E-state index >= 15 is 0 Å². The summed E-state index contributed by atoms with van der Waals surface area (Å²) in [7, 11) is 0. The third-order valence-corrected chi connectivity index (χ3v) is 4.37. The molecule has 2 aromatic carbocycles. The number of aromatic nitrogens is 1. The number of hydrogen-bond acceptors (Lipinski definition) is 9. The zero-order chi connectivity index (χ0) is 20.1. The van der Waals surface area contributed by atoms with Gasteiger partial charge in [-0.05, 0) is 6.07 Å². The fourth-order valence-electron chi connectivity index (χ4n) is 2.22. The zero-order valence-electron chi connectivity index (χ0n) is 14.0. The van der Waals surface area contributed by atoms with Crippen LogP contribution < -0.4 is 5.43 Å². The van der Waals surface area contributed by atoms with E-state index < -0.39 is 9.85 Å². The van der Waals surface area contributed by atoms with Gasteiger partial charge in [0.25, 0.3) is 11.4 Å². The van der Waals surface area contributed by atoms with Gasteiger partial charge in [-0.1, -0.05) is 18.2 Å². The van der Waals surface area contributed by atoms with Crippen LogP contribution in [-0.4, -0.2) is 20.5 Å². The second kappa shape index (κ2) is 8.02. The van der Waals surface area contributed by atoms with Crippen molar-refractivity contribution in [3.8, 4) is 17.3 Å². The Labute approximate surface area is 161 Å². The molecule has 0 aliphatic heterocycles. The summed E-state index contributed by atoms with van der Waals surface area (Å²) >= 11 is 1.15. The van der Waals surface area contributed by atoms with Crippen molar-refractivity contribution < 1.29 is 9.85 Å². The molecule has 0 spiro atoms. The van der Waals surface area contributed by atoms with Crippen LogP contribution in [0.25, 0.3) is 11.3 Å². The molecule has 0 aliphatic rings. The standard InChI is InChI=1S/C17H10N6O4S/c18-9-15(21-20-12-4-2-6-14(8-12)23(26)27)17-19-16(10-28-17)11-3-1-5-13(7-11)22(24)25/h1-8,10,20H. The summed E-state index contributed by atoms with van der Waals surface area (Å²) in [4.78, 5) is 25.0. The fraction of sp³-hybridized carbons (Fsp3) is 0. The Bertz CT molecular complexity index is 1130. The molecule has 3 aromatic rings. The molecule has 1 aromatic heterocycles. The Morgan fingerprint density at radius 2 is 1.79 bits per heavy atom. The van der Waals surface area contributed by atoms with E-state index in [-0.39, 0.29) is 17.1 Å². The minimum Gasteiger partial charge on any atom is -0.277 e. The third-order valence-electron chi connectivity index (χ3n) is 3.52. The van der Waals surface area contributed by atoms with E-state index in [1.165, 1.54) is 30.3 Å². The Hall–Kier alpha value is -4.17. The van der Waals surface area contributed by atoms with Gasteiger partial charge in [0.2, 0.25) is 0 Å². The van der Waals surface area contributed by atoms with Crippen LogP contribution in [0.2, 0.25) is 0 Å². The topological polar surface area (TPSA) is 147 Å². The first-order chi connectivity index (χ1) is 13.5. The third kappa shape index (κ3) is 4.14. The van der Waals surface area contributed by atoms with Crippen LogP contribution in [0.5, 0.6) is 0 Å². The molecule has 0 fully saturated rings.